The number of furan rings is 1. The van der Waals surface area contributed by atoms with Crippen LogP contribution in [0.3, 0.4) is 0 Å². The van der Waals surface area contributed by atoms with E-state index in [1.165, 1.54) is 32.4 Å². The maximum Gasteiger partial charge on any atom is 0.270 e. The zero-order chi connectivity index (χ0) is 16.8. The second-order valence-corrected chi connectivity index (χ2v) is 7.71. The van der Waals surface area contributed by atoms with E-state index >= 15 is 0 Å². The first-order chi connectivity index (χ1) is 12.2. The highest BCUT2D eigenvalue weighted by molar-refractivity contribution is 5.96. The van der Waals surface area contributed by atoms with Gasteiger partial charge in [0, 0.05) is 43.7 Å². The van der Waals surface area contributed by atoms with E-state index in [2.05, 4.69) is 20.1 Å². The van der Waals surface area contributed by atoms with Crippen LogP contribution in [0.15, 0.2) is 22.7 Å². The largest absolute Gasteiger partial charge is 0.439 e. The van der Waals surface area contributed by atoms with Crippen LogP contribution < -0.4 is 10.2 Å². The van der Waals surface area contributed by atoms with Crippen LogP contribution in [-0.2, 0) is 0 Å². The molecule has 1 N–H and O–H groups in total. The van der Waals surface area contributed by atoms with E-state index in [1.807, 2.05) is 12.1 Å². The maximum atomic E-state index is 12.6. The van der Waals surface area contributed by atoms with E-state index in [9.17, 15) is 4.79 Å². The van der Waals surface area contributed by atoms with Crippen molar-refractivity contribution in [3.63, 3.8) is 0 Å². The van der Waals surface area contributed by atoms with Gasteiger partial charge in [0.15, 0.2) is 11.5 Å². The third-order valence-corrected chi connectivity index (χ3v) is 5.84. The molecule has 1 unspecified atom stereocenters. The number of rotatable bonds is 3. The Balaban J connectivity index is 1.32. The smallest absolute Gasteiger partial charge is 0.270 e. The lowest BCUT2D eigenvalue weighted by molar-refractivity contribution is 0.0904. The van der Waals surface area contributed by atoms with E-state index in [0.717, 1.165) is 48.8 Å². The third-order valence-electron chi connectivity index (χ3n) is 5.84. The Kier molecular flexibility index (Phi) is 3.66. The van der Waals surface area contributed by atoms with Gasteiger partial charge in [-0.3, -0.25) is 4.79 Å². The van der Waals surface area contributed by atoms with Crippen molar-refractivity contribution in [2.24, 2.45) is 5.92 Å². The molecule has 0 aromatic carbocycles. The molecule has 2 aromatic rings. The van der Waals surface area contributed by atoms with Crippen molar-refractivity contribution < 1.29 is 9.21 Å². The monoisotopic (exact) mass is 340 g/mol. The fourth-order valence-electron chi connectivity index (χ4n) is 4.57. The minimum absolute atomic E-state index is 0.0710. The molecule has 5 rings (SSSR count). The van der Waals surface area contributed by atoms with Crippen molar-refractivity contribution in [1.29, 1.82) is 0 Å². The van der Waals surface area contributed by atoms with Crippen molar-refractivity contribution in [2.75, 3.05) is 37.6 Å². The molecule has 6 heteroatoms. The SMILES string of the molecule is O=C(N[C@@H]1C[C@@H]2CCN(C2)C1)c1cc2cc(N3CCCC3)oc2cn1. The number of hydrogen-bond donors (Lipinski definition) is 1. The van der Waals surface area contributed by atoms with Crippen molar-refractivity contribution in [1.82, 2.24) is 15.2 Å². The highest BCUT2D eigenvalue weighted by Crippen LogP contribution is 2.29. The molecule has 132 valence electrons. The minimum atomic E-state index is -0.0710. The molecular formula is C19H24N4O2. The van der Waals surface area contributed by atoms with Crippen LogP contribution in [0.1, 0.15) is 36.2 Å². The van der Waals surface area contributed by atoms with E-state index in [1.54, 1.807) is 6.20 Å². The van der Waals surface area contributed by atoms with E-state index in [0.29, 0.717) is 5.69 Å². The molecule has 2 aromatic heterocycles. The van der Waals surface area contributed by atoms with Gasteiger partial charge in [-0.2, -0.15) is 0 Å². The van der Waals surface area contributed by atoms with Gasteiger partial charge < -0.3 is 19.5 Å². The lowest BCUT2D eigenvalue weighted by atomic mass is 9.97. The van der Waals surface area contributed by atoms with Crippen LogP contribution in [0, 0.1) is 5.92 Å². The number of anilines is 1. The zero-order valence-electron chi connectivity index (χ0n) is 14.4. The maximum absolute atomic E-state index is 12.6. The standard InChI is InChI=1S/C19H24N4O2/c24-19(21-15-7-13-3-6-22(11-13)12-15)16-8-14-9-18(23-4-1-2-5-23)25-17(14)10-20-16/h8-10,13,15H,1-7,11-12H2,(H,21,24)/t13-,15+/m0/s1. The molecule has 6 nitrogen and oxygen atoms in total. The number of pyridine rings is 1. The quantitative estimate of drug-likeness (QED) is 0.929. The molecule has 25 heavy (non-hydrogen) atoms. The molecule has 3 saturated heterocycles. The molecule has 0 spiro atoms. The van der Waals surface area contributed by atoms with Crippen LogP contribution in [0.5, 0.6) is 0 Å². The van der Waals surface area contributed by atoms with Gasteiger partial charge in [-0.15, -0.1) is 0 Å². The number of carbonyl (C=O) groups is 1. The summed E-state index contributed by atoms with van der Waals surface area (Å²) < 4.78 is 5.90. The summed E-state index contributed by atoms with van der Waals surface area (Å²) in [6.07, 6.45) is 6.46. The number of fused-ring (bicyclic) bond motifs is 3. The van der Waals surface area contributed by atoms with Gasteiger partial charge in [0.1, 0.15) is 5.69 Å². The van der Waals surface area contributed by atoms with Crippen molar-refractivity contribution >= 4 is 22.8 Å². The summed E-state index contributed by atoms with van der Waals surface area (Å²) >= 11 is 0. The Morgan fingerprint density at radius 2 is 2.08 bits per heavy atom. The Morgan fingerprint density at radius 3 is 2.92 bits per heavy atom. The first kappa shape index (κ1) is 15.2. The molecule has 3 aliphatic rings. The Labute approximate surface area is 147 Å². The summed E-state index contributed by atoms with van der Waals surface area (Å²) in [4.78, 5) is 21.7. The van der Waals surface area contributed by atoms with Crippen LogP contribution in [-0.4, -0.2) is 54.6 Å². The van der Waals surface area contributed by atoms with Crippen molar-refractivity contribution in [3.05, 3.63) is 24.0 Å². The summed E-state index contributed by atoms with van der Waals surface area (Å²) in [5, 5.41) is 4.13. The van der Waals surface area contributed by atoms with Gasteiger partial charge in [-0.05, 0) is 44.2 Å². The number of aromatic nitrogens is 1. The normalized spacial score (nSPS) is 28.6. The topological polar surface area (TPSA) is 61.6 Å². The molecule has 0 aliphatic carbocycles. The van der Waals surface area contributed by atoms with Gasteiger partial charge in [0.25, 0.3) is 5.91 Å². The fraction of sp³-hybridized carbons (Fsp3) is 0.579. The number of nitrogens with zero attached hydrogens (tertiary/aromatic N) is 3. The summed E-state index contributed by atoms with van der Waals surface area (Å²) in [6.45, 7) is 5.43. The first-order valence-electron chi connectivity index (χ1n) is 9.42. The Morgan fingerprint density at radius 1 is 1.20 bits per heavy atom. The van der Waals surface area contributed by atoms with Crippen LogP contribution >= 0.6 is 0 Å². The summed E-state index contributed by atoms with van der Waals surface area (Å²) in [7, 11) is 0. The fourth-order valence-corrected chi connectivity index (χ4v) is 4.57. The molecule has 3 aliphatic heterocycles. The first-order valence-corrected chi connectivity index (χ1v) is 9.42. The molecule has 3 atom stereocenters. The van der Waals surface area contributed by atoms with Crippen molar-refractivity contribution in [2.45, 2.75) is 31.7 Å². The highest BCUT2D eigenvalue weighted by Gasteiger charge is 2.33. The van der Waals surface area contributed by atoms with Gasteiger partial charge in [0.05, 0.1) is 6.20 Å². The lowest BCUT2D eigenvalue weighted by Gasteiger charge is -2.30. The van der Waals surface area contributed by atoms with E-state index < -0.39 is 0 Å². The molecule has 0 radical (unpaired) electrons. The average molecular weight is 340 g/mol. The number of piperidine rings is 1. The molecule has 5 heterocycles. The Bertz CT molecular complexity index is 784. The second kappa shape index (κ2) is 6.02. The highest BCUT2D eigenvalue weighted by atomic mass is 16.4. The molecule has 1 amide bonds. The third kappa shape index (κ3) is 2.88. The number of amides is 1. The summed E-state index contributed by atoms with van der Waals surface area (Å²) in [5.74, 6) is 1.56. The van der Waals surface area contributed by atoms with Gasteiger partial charge in [0.2, 0.25) is 0 Å². The van der Waals surface area contributed by atoms with E-state index in [-0.39, 0.29) is 11.9 Å². The summed E-state index contributed by atoms with van der Waals surface area (Å²) in [5.41, 5.74) is 1.23. The van der Waals surface area contributed by atoms with Gasteiger partial charge >= 0.3 is 0 Å². The number of hydrogen-bond acceptors (Lipinski definition) is 5. The van der Waals surface area contributed by atoms with Gasteiger partial charge in [-0.1, -0.05) is 0 Å². The Hall–Kier alpha value is -2.08. The summed E-state index contributed by atoms with van der Waals surface area (Å²) in [6, 6.07) is 4.13. The minimum Gasteiger partial charge on any atom is -0.439 e. The molecule has 2 bridgehead atoms. The van der Waals surface area contributed by atoms with Crippen LogP contribution in [0.2, 0.25) is 0 Å². The van der Waals surface area contributed by atoms with E-state index in [4.69, 9.17) is 4.42 Å². The average Bonchev–Trinajstić information content (AvgIpc) is 3.33. The molecule has 3 fully saturated rings. The predicted octanol–water partition coefficient (Wildman–Crippen LogP) is 2.25. The number of nitrogens with one attached hydrogen (secondary N) is 1. The zero-order valence-corrected chi connectivity index (χ0v) is 14.4. The van der Waals surface area contributed by atoms with Crippen molar-refractivity contribution in [3.8, 4) is 0 Å². The number of carbonyl (C=O) groups excluding carboxylic acids is 1. The van der Waals surface area contributed by atoms with Crippen LogP contribution in [0.4, 0.5) is 5.88 Å². The van der Waals surface area contributed by atoms with Crippen LogP contribution in [0.25, 0.3) is 11.0 Å². The molecule has 0 saturated carbocycles. The second-order valence-electron chi connectivity index (χ2n) is 7.71. The predicted molar refractivity (Wildman–Crippen MR) is 95.9 cm³/mol. The molecular weight excluding hydrogens is 316 g/mol. The lowest BCUT2D eigenvalue weighted by Crippen LogP contribution is -2.47. The van der Waals surface area contributed by atoms with Gasteiger partial charge in [-0.25, -0.2) is 4.98 Å².